The van der Waals surface area contributed by atoms with Crippen molar-refractivity contribution in [3.05, 3.63) is 106 Å². The summed E-state index contributed by atoms with van der Waals surface area (Å²) in [5.41, 5.74) is 0.193. The minimum absolute atomic E-state index is 0.160. The van der Waals surface area contributed by atoms with Gasteiger partial charge in [-0.05, 0) is 59.3 Å². The predicted octanol–water partition coefficient (Wildman–Crippen LogP) is 8.30. The minimum Gasteiger partial charge on any atom is -0.206 e. The van der Waals surface area contributed by atoms with Crippen LogP contribution in [0.2, 0.25) is 0 Å². The lowest BCUT2D eigenvalue weighted by molar-refractivity contribution is -0.142. The van der Waals surface area contributed by atoms with Gasteiger partial charge in [-0.3, -0.25) is 0 Å². The van der Waals surface area contributed by atoms with Gasteiger partial charge in [-0.15, -0.1) is 0 Å². The first-order valence-corrected chi connectivity index (χ1v) is 10.6. The molecule has 0 aliphatic heterocycles. The molecule has 4 rings (SSSR count). The van der Waals surface area contributed by atoms with E-state index in [1.54, 1.807) is 12.1 Å². The smallest absolute Gasteiger partial charge is 0.206 e. The fourth-order valence-corrected chi connectivity index (χ4v) is 3.78. The first-order chi connectivity index (χ1) is 16.2. The molecule has 172 valence electrons. The van der Waals surface area contributed by atoms with Gasteiger partial charge in [0.25, 0.3) is 0 Å². The largest absolute Gasteiger partial charge is 0.422 e. The molecule has 0 atom stereocenters. The normalized spacial score (nSPS) is 11.4. The van der Waals surface area contributed by atoms with Crippen molar-refractivity contribution in [2.45, 2.75) is 25.9 Å². The van der Waals surface area contributed by atoms with Gasteiger partial charge in [-0.1, -0.05) is 55.5 Å². The molecule has 4 aromatic carbocycles. The number of hydrogen-bond donors (Lipinski definition) is 0. The molecule has 34 heavy (non-hydrogen) atoms. The summed E-state index contributed by atoms with van der Waals surface area (Å²) < 4.78 is 81.6. The summed E-state index contributed by atoms with van der Waals surface area (Å²) in [6.45, 7) is 2.11. The van der Waals surface area contributed by atoms with E-state index in [2.05, 4.69) is 18.8 Å². The Morgan fingerprint density at radius 2 is 1.35 bits per heavy atom. The van der Waals surface area contributed by atoms with Crippen LogP contribution in [0.5, 0.6) is 0 Å². The highest BCUT2D eigenvalue weighted by molar-refractivity contribution is 5.89. The average molecular weight is 468 g/mol. The lowest BCUT2D eigenvalue weighted by atomic mass is 9.97. The van der Waals surface area contributed by atoms with Crippen LogP contribution in [-0.4, -0.2) is 0 Å². The molecule has 0 N–H and O–H groups in total. The van der Waals surface area contributed by atoms with E-state index >= 15 is 4.39 Å². The minimum atomic E-state index is -5.19. The molecule has 0 saturated heterocycles. The van der Waals surface area contributed by atoms with Gasteiger partial charge in [0.1, 0.15) is 23.0 Å². The summed E-state index contributed by atoms with van der Waals surface area (Å²) in [6, 6.07) is 16.5. The fraction of sp³-hybridized carbons (Fsp3) is 0.143. The van der Waals surface area contributed by atoms with Gasteiger partial charge < -0.3 is 0 Å². The van der Waals surface area contributed by atoms with Crippen molar-refractivity contribution in [1.29, 1.82) is 0 Å². The predicted molar refractivity (Wildman–Crippen MR) is 121 cm³/mol. The first-order valence-electron chi connectivity index (χ1n) is 10.6. The van der Waals surface area contributed by atoms with Crippen LogP contribution in [0, 0.1) is 29.3 Å². The zero-order chi connectivity index (χ0) is 24.5. The molecule has 0 saturated carbocycles. The maximum atomic E-state index is 15.1. The molecule has 0 amide bonds. The van der Waals surface area contributed by atoms with Crippen molar-refractivity contribution in [3.63, 3.8) is 0 Å². The monoisotopic (exact) mass is 468 g/mol. The fourth-order valence-electron chi connectivity index (χ4n) is 3.78. The van der Waals surface area contributed by atoms with E-state index in [-0.39, 0.29) is 16.5 Å². The zero-order valence-corrected chi connectivity index (χ0v) is 18.0. The van der Waals surface area contributed by atoms with E-state index in [9.17, 15) is 22.0 Å². The second-order valence-electron chi connectivity index (χ2n) is 7.87. The van der Waals surface area contributed by atoms with E-state index < -0.39 is 29.2 Å². The Morgan fingerprint density at radius 1 is 0.735 bits per heavy atom. The average Bonchev–Trinajstić information content (AvgIpc) is 2.77. The zero-order valence-electron chi connectivity index (χ0n) is 18.0. The van der Waals surface area contributed by atoms with Crippen molar-refractivity contribution < 1.29 is 26.3 Å². The second kappa shape index (κ2) is 9.26. The van der Waals surface area contributed by atoms with Crippen LogP contribution in [0.4, 0.5) is 26.3 Å². The number of halogens is 6. The molecule has 0 aromatic heterocycles. The van der Waals surface area contributed by atoms with Crippen LogP contribution in [-0.2, 0) is 12.6 Å². The van der Waals surface area contributed by atoms with Gasteiger partial charge in [-0.25, -0.2) is 13.2 Å². The number of alkyl halides is 3. The van der Waals surface area contributed by atoms with Crippen molar-refractivity contribution >= 4 is 10.8 Å². The van der Waals surface area contributed by atoms with Gasteiger partial charge in [0, 0.05) is 22.1 Å². The Morgan fingerprint density at radius 3 is 1.97 bits per heavy atom. The summed E-state index contributed by atoms with van der Waals surface area (Å²) >= 11 is 0. The molecule has 0 aliphatic carbocycles. The number of aryl methyl sites for hydroxylation is 1. The summed E-state index contributed by atoms with van der Waals surface area (Å²) in [6.07, 6.45) is -3.13. The standard InChI is InChI=1S/C28H18F6/c1-2-3-17-4-6-18(7-5-17)8-9-19-10-12-22-20(14-19)11-13-23(27(22)31)21-15-24(29)26(25(30)16-21)28(32,33)34/h4-7,10-16H,2-3H2,1H3. The molecule has 0 unspecified atom stereocenters. The molecular formula is C28H18F6. The third kappa shape index (κ3) is 4.79. The summed E-state index contributed by atoms with van der Waals surface area (Å²) in [5.74, 6) is 1.70. The van der Waals surface area contributed by atoms with E-state index in [0.29, 0.717) is 23.1 Å². The maximum absolute atomic E-state index is 15.1. The number of benzene rings is 4. The highest BCUT2D eigenvalue weighted by Crippen LogP contribution is 2.37. The van der Waals surface area contributed by atoms with Gasteiger partial charge in [0.15, 0.2) is 0 Å². The Bertz CT molecular complexity index is 1400. The number of rotatable bonds is 3. The van der Waals surface area contributed by atoms with E-state index in [1.807, 2.05) is 24.3 Å². The van der Waals surface area contributed by atoms with Crippen LogP contribution >= 0.6 is 0 Å². The highest BCUT2D eigenvalue weighted by atomic mass is 19.4. The van der Waals surface area contributed by atoms with Crippen molar-refractivity contribution in [2.75, 3.05) is 0 Å². The maximum Gasteiger partial charge on any atom is 0.422 e. The summed E-state index contributed by atoms with van der Waals surface area (Å²) in [5, 5.41) is 0.659. The van der Waals surface area contributed by atoms with Gasteiger partial charge in [0.2, 0.25) is 0 Å². The third-order valence-electron chi connectivity index (χ3n) is 5.43. The molecule has 6 heteroatoms. The number of hydrogen-bond acceptors (Lipinski definition) is 0. The molecule has 0 radical (unpaired) electrons. The Labute approximate surface area is 192 Å². The molecule has 0 nitrogen and oxygen atoms in total. The lowest BCUT2D eigenvalue weighted by Gasteiger charge is -2.12. The van der Waals surface area contributed by atoms with Crippen LogP contribution in [0.25, 0.3) is 21.9 Å². The number of fused-ring (bicyclic) bond motifs is 1. The SMILES string of the molecule is CCCc1ccc(C#Cc2ccc3c(F)c(-c4cc(F)c(C(F)(F)F)c(F)c4)ccc3c2)cc1. The van der Waals surface area contributed by atoms with Crippen LogP contribution in [0.1, 0.15) is 35.6 Å². The summed E-state index contributed by atoms with van der Waals surface area (Å²) in [7, 11) is 0. The Kier molecular flexibility index (Phi) is 6.39. The highest BCUT2D eigenvalue weighted by Gasteiger charge is 2.38. The molecule has 4 aromatic rings. The molecule has 0 heterocycles. The Hall–Kier alpha value is -3.72. The van der Waals surface area contributed by atoms with E-state index in [1.165, 1.54) is 23.8 Å². The first kappa shape index (κ1) is 23.4. The molecule has 0 aliphatic rings. The Balaban J connectivity index is 1.67. The third-order valence-corrected chi connectivity index (χ3v) is 5.43. The van der Waals surface area contributed by atoms with E-state index in [4.69, 9.17) is 0 Å². The molecule has 0 fully saturated rings. The van der Waals surface area contributed by atoms with Crippen molar-refractivity contribution in [1.82, 2.24) is 0 Å². The molecular weight excluding hydrogens is 450 g/mol. The van der Waals surface area contributed by atoms with Crippen LogP contribution in [0.3, 0.4) is 0 Å². The van der Waals surface area contributed by atoms with E-state index in [0.717, 1.165) is 18.4 Å². The van der Waals surface area contributed by atoms with Gasteiger partial charge >= 0.3 is 6.18 Å². The van der Waals surface area contributed by atoms with Crippen molar-refractivity contribution in [3.8, 4) is 23.0 Å². The topological polar surface area (TPSA) is 0 Å². The second-order valence-corrected chi connectivity index (χ2v) is 7.87. The lowest BCUT2D eigenvalue weighted by Crippen LogP contribution is -2.11. The molecule has 0 bridgehead atoms. The molecule has 0 spiro atoms. The van der Waals surface area contributed by atoms with Gasteiger partial charge in [0.05, 0.1) is 0 Å². The van der Waals surface area contributed by atoms with Crippen molar-refractivity contribution in [2.24, 2.45) is 0 Å². The van der Waals surface area contributed by atoms with Gasteiger partial charge in [-0.2, -0.15) is 13.2 Å². The quantitative estimate of drug-likeness (QED) is 0.210. The summed E-state index contributed by atoms with van der Waals surface area (Å²) in [4.78, 5) is 0. The van der Waals surface area contributed by atoms with Crippen LogP contribution in [0.15, 0.2) is 66.7 Å². The van der Waals surface area contributed by atoms with Crippen LogP contribution < -0.4 is 0 Å².